The van der Waals surface area contributed by atoms with E-state index < -0.39 is 4.92 Å². The van der Waals surface area contributed by atoms with Crippen LogP contribution in [-0.2, 0) is 0 Å². The van der Waals surface area contributed by atoms with Crippen LogP contribution in [0.5, 0.6) is 0 Å². The third kappa shape index (κ3) is 3.46. The van der Waals surface area contributed by atoms with Crippen molar-refractivity contribution in [2.75, 3.05) is 0 Å². The number of benzene rings is 2. The van der Waals surface area contributed by atoms with Crippen molar-refractivity contribution in [1.29, 1.82) is 0 Å². The number of aryl methyl sites for hydroxylation is 1. The van der Waals surface area contributed by atoms with E-state index in [4.69, 9.17) is 0 Å². The van der Waals surface area contributed by atoms with E-state index in [1.807, 2.05) is 0 Å². The Kier molecular flexibility index (Phi) is 4.50. The second-order valence-corrected chi connectivity index (χ2v) is 5.01. The highest BCUT2D eigenvalue weighted by atomic mass is 19.1. The Labute approximate surface area is 126 Å². The summed E-state index contributed by atoms with van der Waals surface area (Å²) in [5.41, 5.74) is 1.51. The largest absolute Gasteiger partial charge is 0.346 e. The first-order chi connectivity index (χ1) is 10.4. The van der Waals surface area contributed by atoms with Gasteiger partial charge in [-0.2, -0.15) is 0 Å². The van der Waals surface area contributed by atoms with Gasteiger partial charge in [0.15, 0.2) is 0 Å². The summed E-state index contributed by atoms with van der Waals surface area (Å²) >= 11 is 0. The lowest BCUT2D eigenvalue weighted by atomic mass is 10.1. The van der Waals surface area contributed by atoms with E-state index in [0.717, 1.165) is 5.56 Å². The molecular formula is C16H15FN2O3. The molecule has 0 aliphatic heterocycles. The molecule has 0 fully saturated rings. The molecule has 0 aliphatic rings. The normalized spacial score (nSPS) is 11.8. The van der Waals surface area contributed by atoms with Crippen LogP contribution in [0.1, 0.15) is 34.5 Å². The van der Waals surface area contributed by atoms with Gasteiger partial charge in [0.25, 0.3) is 11.6 Å². The number of nitro groups is 1. The average Bonchev–Trinajstić information content (AvgIpc) is 2.47. The number of hydrogen-bond acceptors (Lipinski definition) is 3. The number of nitro benzene ring substituents is 1. The minimum absolute atomic E-state index is 0.0249. The zero-order valence-electron chi connectivity index (χ0n) is 12.2. The van der Waals surface area contributed by atoms with Crippen LogP contribution in [0.15, 0.2) is 42.5 Å². The molecule has 0 saturated heterocycles. The number of amides is 1. The highest BCUT2D eigenvalue weighted by molar-refractivity contribution is 5.95. The number of nitrogens with zero attached hydrogens (tertiary/aromatic N) is 1. The van der Waals surface area contributed by atoms with E-state index in [-0.39, 0.29) is 23.5 Å². The molecule has 22 heavy (non-hydrogen) atoms. The maximum Gasteiger partial charge on any atom is 0.272 e. The van der Waals surface area contributed by atoms with Crippen LogP contribution in [0.2, 0.25) is 0 Å². The van der Waals surface area contributed by atoms with Gasteiger partial charge in [-0.1, -0.05) is 12.1 Å². The smallest absolute Gasteiger partial charge is 0.272 e. The quantitative estimate of drug-likeness (QED) is 0.693. The number of halogens is 1. The topological polar surface area (TPSA) is 72.2 Å². The van der Waals surface area contributed by atoms with Gasteiger partial charge in [-0.05, 0) is 43.7 Å². The summed E-state index contributed by atoms with van der Waals surface area (Å²) in [6.45, 7) is 3.36. The summed E-state index contributed by atoms with van der Waals surface area (Å²) in [6, 6.07) is 9.75. The fourth-order valence-electron chi connectivity index (χ4n) is 2.12. The van der Waals surface area contributed by atoms with Gasteiger partial charge in [0.2, 0.25) is 0 Å². The molecule has 2 aromatic carbocycles. The first-order valence-electron chi connectivity index (χ1n) is 6.70. The molecule has 0 aromatic heterocycles. The molecule has 2 aromatic rings. The molecule has 114 valence electrons. The molecule has 6 heteroatoms. The zero-order valence-corrected chi connectivity index (χ0v) is 12.2. The summed E-state index contributed by atoms with van der Waals surface area (Å²) in [6.07, 6.45) is 0. The first-order valence-corrected chi connectivity index (χ1v) is 6.70. The highest BCUT2D eigenvalue weighted by Gasteiger charge is 2.15. The van der Waals surface area contributed by atoms with Crippen LogP contribution < -0.4 is 5.32 Å². The van der Waals surface area contributed by atoms with Crippen molar-refractivity contribution in [3.63, 3.8) is 0 Å². The van der Waals surface area contributed by atoms with Crippen LogP contribution in [0.3, 0.4) is 0 Å². The Morgan fingerprint density at radius 1 is 1.23 bits per heavy atom. The van der Waals surface area contributed by atoms with Crippen LogP contribution in [0.4, 0.5) is 10.1 Å². The fourth-order valence-corrected chi connectivity index (χ4v) is 2.12. The monoisotopic (exact) mass is 302 g/mol. The van der Waals surface area contributed by atoms with Gasteiger partial charge >= 0.3 is 0 Å². The SMILES string of the molecule is Cc1cc(C(=O)NC(C)c2ccc(F)cc2)ccc1[N+](=O)[O-]. The number of nitrogens with one attached hydrogen (secondary N) is 1. The van der Waals surface area contributed by atoms with E-state index in [9.17, 15) is 19.3 Å². The molecular weight excluding hydrogens is 287 g/mol. The predicted molar refractivity (Wildman–Crippen MR) is 80.1 cm³/mol. The van der Waals surface area contributed by atoms with Crippen molar-refractivity contribution in [2.24, 2.45) is 0 Å². The third-order valence-corrected chi connectivity index (χ3v) is 3.37. The molecule has 5 nitrogen and oxygen atoms in total. The maximum atomic E-state index is 12.9. The van der Waals surface area contributed by atoms with Crippen LogP contribution >= 0.6 is 0 Å². The average molecular weight is 302 g/mol. The maximum absolute atomic E-state index is 12.9. The molecule has 0 spiro atoms. The molecule has 1 unspecified atom stereocenters. The molecule has 0 heterocycles. The van der Waals surface area contributed by atoms with Crippen molar-refractivity contribution in [1.82, 2.24) is 5.32 Å². The second-order valence-electron chi connectivity index (χ2n) is 5.01. The number of carbonyl (C=O) groups excluding carboxylic acids is 1. The van der Waals surface area contributed by atoms with E-state index in [1.54, 1.807) is 26.0 Å². The van der Waals surface area contributed by atoms with Gasteiger partial charge in [0.1, 0.15) is 5.82 Å². The Morgan fingerprint density at radius 2 is 1.86 bits per heavy atom. The standard InChI is InChI=1S/C16H15FN2O3/c1-10-9-13(5-8-15(10)19(21)22)16(20)18-11(2)12-3-6-14(17)7-4-12/h3-9,11H,1-2H3,(H,18,20). The number of rotatable bonds is 4. The van der Waals surface area contributed by atoms with Crippen LogP contribution in [-0.4, -0.2) is 10.8 Å². The fraction of sp³-hybridized carbons (Fsp3) is 0.188. The van der Waals surface area contributed by atoms with Crippen LogP contribution in [0, 0.1) is 22.9 Å². The van der Waals surface area contributed by atoms with Crippen molar-refractivity contribution < 1.29 is 14.1 Å². The van der Waals surface area contributed by atoms with Gasteiger partial charge < -0.3 is 5.32 Å². The zero-order chi connectivity index (χ0) is 16.3. The molecule has 1 N–H and O–H groups in total. The summed E-state index contributed by atoms with van der Waals surface area (Å²) in [5.74, 6) is -0.678. The van der Waals surface area contributed by atoms with Gasteiger partial charge in [-0.15, -0.1) is 0 Å². The minimum Gasteiger partial charge on any atom is -0.346 e. The Balaban J connectivity index is 2.13. The molecule has 1 amide bonds. The Bertz CT molecular complexity index is 714. The van der Waals surface area contributed by atoms with Crippen molar-refractivity contribution in [3.8, 4) is 0 Å². The van der Waals surface area contributed by atoms with Gasteiger partial charge in [0.05, 0.1) is 11.0 Å². The van der Waals surface area contributed by atoms with Crippen molar-refractivity contribution >= 4 is 11.6 Å². The molecule has 2 rings (SSSR count). The lowest BCUT2D eigenvalue weighted by Gasteiger charge is -2.14. The van der Waals surface area contributed by atoms with Crippen molar-refractivity contribution in [2.45, 2.75) is 19.9 Å². The van der Waals surface area contributed by atoms with Gasteiger partial charge in [0, 0.05) is 17.2 Å². The third-order valence-electron chi connectivity index (χ3n) is 3.37. The summed E-state index contributed by atoms with van der Waals surface area (Å²) < 4.78 is 12.9. The van der Waals surface area contributed by atoms with E-state index >= 15 is 0 Å². The first kappa shape index (κ1) is 15.6. The minimum atomic E-state index is -0.488. The molecule has 0 aliphatic carbocycles. The molecule has 0 bridgehead atoms. The lowest BCUT2D eigenvalue weighted by molar-refractivity contribution is -0.385. The predicted octanol–water partition coefficient (Wildman–Crippen LogP) is 3.53. The second kappa shape index (κ2) is 6.34. The van der Waals surface area contributed by atoms with Gasteiger partial charge in [-0.3, -0.25) is 14.9 Å². The summed E-state index contributed by atoms with van der Waals surface area (Å²) in [7, 11) is 0. The van der Waals surface area contributed by atoms with E-state index in [0.29, 0.717) is 11.1 Å². The van der Waals surface area contributed by atoms with Crippen LogP contribution in [0.25, 0.3) is 0 Å². The lowest BCUT2D eigenvalue weighted by Crippen LogP contribution is -2.26. The van der Waals surface area contributed by atoms with E-state index in [2.05, 4.69) is 5.32 Å². The van der Waals surface area contributed by atoms with Gasteiger partial charge in [-0.25, -0.2) is 4.39 Å². The molecule has 0 saturated carbocycles. The highest BCUT2D eigenvalue weighted by Crippen LogP contribution is 2.20. The molecule has 1 atom stereocenters. The Morgan fingerprint density at radius 3 is 2.41 bits per heavy atom. The van der Waals surface area contributed by atoms with Crippen molar-refractivity contribution in [3.05, 3.63) is 75.1 Å². The molecule has 0 radical (unpaired) electrons. The summed E-state index contributed by atoms with van der Waals surface area (Å²) in [5, 5.41) is 13.5. The Hall–Kier alpha value is -2.76. The number of hydrogen-bond donors (Lipinski definition) is 1. The van der Waals surface area contributed by atoms with E-state index in [1.165, 1.54) is 30.3 Å². The summed E-state index contributed by atoms with van der Waals surface area (Å²) in [4.78, 5) is 22.5. The number of carbonyl (C=O) groups is 1.